The Hall–Kier alpha value is -2.19. The highest BCUT2D eigenvalue weighted by atomic mass is 16.5. The lowest BCUT2D eigenvalue weighted by molar-refractivity contribution is -0.120. The van der Waals surface area contributed by atoms with Gasteiger partial charge in [-0.2, -0.15) is 0 Å². The van der Waals surface area contributed by atoms with E-state index in [1.807, 2.05) is 9.58 Å². The predicted octanol–water partition coefficient (Wildman–Crippen LogP) is 1.22. The van der Waals surface area contributed by atoms with Gasteiger partial charge in [0.1, 0.15) is 5.69 Å². The molecule has 2 aliphatic rings. The summed E-state index contributed by atoms with van der Waals surface area (Å²) >= 11 is 0. The first-order valence-electron chi connectivity index (χ1n) is 8.08. The molecule has 1 spiro atoms. The molecule has 2 aromatic heterocycles. The Morgan fingerprint density at radius 1 is 1.42 bits per heavy atom. The van der Waals surface area contributed by atoms with Gasteiger partial charge in [-0.1, -0.05) is 5.21 Å². The number of hydrogen-bond acceptors (Lipinski definition) is 6. The Balaban J connectivity index is 1.43. The molecular formula is C16H20N4O4. The van der Waals surface area contributed by atoms with Crippen molar-refractivity contribution in [3.05, 3.63) is 35.5 Å². The van der Waals surface area contributed by atoms with Crippen LogP contribution in [-0.2, 0) is 29.2 Å². The van der Waals surface area contributed by atoms with Crippen LogP contribution < -0.4 is 0 Å². The van der Waals surface area contributed by atoms with E-state index in [-0.39, 0.29) is 11.5 Å². The van der Waals surface area contributed by atoms with E-state index in [2.05, 4.69) is 10.3 Å². The van der Waals surface area contributed by atoms with Gasteiger partial charge in [-0.25, -0.2) is 4.68 Å². The summed E-state index contributed by atoms with van der Waals surface area (Å²) in [4.78, 5) is 14.2. The van der Waals surface area contributed by atoms with Crippen molar-refractivity contribution < 1.29 is 18.7 Å². The molecule has 0 aromatic carbocycles. The summed E-state index contributed by atoms with van der Waals surface area (Å²) in [6.07, 6.45) is 3.07. The zero-order chi connectivity index (χ0) is 16.6. The number of ether oxygens (including phenoxy) is 2. The number of carbonyl (C=O) groups excluding carboxylic acids is 1. The molecule has 1 amide bonds. The van der Waals surface area contributed by atoms with Gasteiger partial charge in [-0.15, -0.1) is 5.10 Å². The van der Waals surface area contributed by atoms with Crippen LogP contribution in [-0.4, -0.2) is 51.6 Å². The number of aromatic nitrogens is 3. The number of carbonyl (C=O) groups is 1. The van der Waals surface area contributed by atoms with Gasteiger partial charge >= 0.3 is 0 Å². The van der Waals surface area contributed by atoms with Gasteiger partial charge in [-0.3, -0.25) is 4.79 Å². The lowest BCUT2D eigenvalue weighted by Gasteiger charge is -2.43. The number of nitrogens with zero attached hydrogens (tertiary/aromatic N) is 4. The van der Waals surface area contributed by atoms with E-state index >= 15 is 0 Å². The molecule has 0 aliphatic carbocycles. The zero-order valence-corrected chi connectivity index (χ0v) is 13.6. The standard InChI is InChI=1S/C16H20N4O4/c1-22-9-12-13-10-24-16(11-20(13)18-17-12)4-6-19(7-5-16)15(21)14-3-2-8-23-14/h2-3,8H,4-7,9-11H2,1H3. The molecule has 2 aliphatic heterocycles. The third kappa shape index (κ3) is 2.61. The molecule has 4 heterocycles. The minimum Gasteiger partial charge on any atom is -0.459 e. The van der Waals surface area contributed by atoms with Crippen molar-refractivity contribution in [2.75, 3.05) is 20.2 Å². The number of likely N-dealkylation sites (tertiary alicyclic amines) is 1. The molecule has 24 heavy (non-hydrogen) atoms. The summed E-state index contributed by atoms with van der Waals surface area (Å²) in [5.74, 6) is 0.327. The lowest BCUT2D eigenvalue weighted by atomic mass is 9.89. The van der Waals surface area contributed by atoms with Crippen LogP contribution in [0.15, 0.2) is 22.8 Å². The van der Waals surface area contributed by atoms with Crippen molar-refractivity contribution in [3.8, 4) is 0 Å². The van der Waals surface area contributed by atoms with Crippen LogP contribution in [0.5, 0.6) is 0 Å². The predicted molar refractivity (Wildman–Crippen MR) is 82.1 cm³/mol. The van der Waals surface area contributed by atoms with E-state index in [4.69, 9.17) is 13.9 Å². The molecule has 1 fully saturated rings. The van der Waals surface area contributed by atoms with Crippen LogP contribution in [0.2, 0.25) is 0 Å². The van der Waals surface area contributed by atoms with Crippen molar-refractivity contribution in [2.45, 2.75) is 38.2 Å². The first-order valence-corrected chi connectivity index (χ1v) is 8.08. The number of methoxy groups -OCH3 is 1. The van der Waals surface area contributed by atoms with Crippen LogP contribution in [0.4, 0.5) is 0 Å². The summed E-state index contributed by atoms with van der Waals surface area (Å²) in [6, 6.07) is 3.43. The summed E-state index contributed by atoms with van der Waals surface area (Å²) in [6.45, 7) is 2.89. The Morgan fingerprint density at radius 3 is 2.96 bits per heavy atom. The van der Waals surface area contributed by atoms with E-state index in [9.17, 15) is 4.79 Å². The third-order valence-electron chi connectivity index (χ3n) is 4.85. The maximum atomic E-state index is 12.4. The number of furan rings is 1. The maximum absolute atomic E-state index is 12.4. The zero-order valence-electron chi connectivity index (χ0n) is 13.6. The fourth-order valence-electron chi connectivity index (χ4n) is 3.42. The monoisotopic (exact) mass is 332 g/mol. The van der Waals surface area contributed by atoms with Crippen LogP contribution >= 0.6 is 0 Å². The van der Waals surface area contributed by atoms with Gasteiger partial charge in [-0.05, 0) is 25.0 Å². The minimum atomic E-state index is -0.273. The van der Waals surface area contributed by atoms with Crippen LogP contribution in [0.1, 0.15) is 34.8 Å². The van der Waals surface area contributed by atoms with E-state index in [0.29, 0.717) is 38.6 Å². The number of rotatable bonds is 3. The molecule has 0 bridgehead atoms. The van der Waals surface area contributed by atoms with Crippen molar-refractivity contribution in [1.29, 1.82) is 0 Å². The summed E-state index contributed by atoms with van der Waals surface area (Å²) in [5, 5.41) is 8.40. The highest BCUT2D eigenvalue weighted by Gasteiger charge is 2.41. The molecule has 0 unspecified atom stereocenters. The largest absolute Gasteiger partial charge is 0.459 e. The van der Waals surface area contributed by atoms with Gasteiger partial charge in [0.25, 0.3) is 5.91 Å². The van der Waals surface area contributed by atoms with Gasteiger partial charge in [0.05, 0.1) is 37.3 Å². The highest BCUT2D eigenvalue weighted by molar-refractivity contribution is 5.91. The smallest absolute Gasteiger partial charge is 0.289 e. The average molecular weight is 332 g/mol. The molecule has 128 valence electrons. The van der Waals surface area contributed by atoms with E-state index in [1.54, 1.807) is 19.2 Å². The molecule has 1 saturated heterocycles. The number of hydrogen-bond donors (Lipinski definition) is 0. The van der Waals surface area contributed by atoms with E-state index in [0.717, 1.165) is 24.2 Å². The van der Waals surface area contributed by atoms with Crippen LogP contribution in [0.3, 0.4) is 0 Å². The van der Waals surface area contributed by atoms with E-state index < -0.39 is 0 Å². The molecular weight excluding hydrogens is 312 g/mol. The first kappa shape index (κ1) is 15.3. The molecule has 8 nitrogen and oxygen atoms in total. The van der Waals surface area contributed by atoms with Crippen molar-refractivity contribution in [1.82, 2.24) is 19.9 Å². The second kappa shape index (κ2) is 6.03. The number of piperidine rings is 1. The lowest BCUT2D eigenvalue weighted by Crippen LogP contribution is -2.52. The highest BCUT2D eigenvalue weighted by Crippen LogP contribution is 2.33. The second-order valence-corrected chi connectivity index (χ2v) is 6.31. The number of amides is 1. The normalized spacial score (nSPS) is 19.5. The first-order chi connectivity index (χ1) is 11.7. The molecule has 4 rings (SSSR count). The molecule has 8 heteroatoms. The minimum absolute atomic E-state index is 0.0607. The van der Waals surface area contributed by atoms with Gasteiger partial charge in [0.15, 0.2) is 5.76 Å². The molecule has 2 aromatic rings. The SMILES string of the molecule is COCc1nnn2c1COC1(CCN(C(=O)c3ccco3)CC1)C2. The topological polar surface area (TPSA) is 82.6 Å². The fraction of sp³-hybridized carbons (Fsp3) is 0.562. The quantitative estimate of drug-likeness (QED) is 0.840. The van der Waals surface area contributed by atoms with Crippen LogP contribution in [0.25, 0.3) is 0 Å². The fourth-order valence-corrected chi connectivity index (χ4v) is 3.42. The van der Waals surface area contributed by atoms with E-state index in [1.165, 1.54) is 6.26 Å². The molecule has 0 atom stereocenters. The Bertz CT molecular complexity index is 717. The van der Waals surface area contributed by atoms with Crippen molar-refractivity contribution in [3.63, 3.8) is 0 Å². The van der Waals surface area contributed by atoms with Crippen LogP contribution in [0, 0.1) is 0 Å². The van der Waals surface area contributed by atoms with Gasteiger partial charge < -0.3 is 18.8 Å². The Kier molecular flexibility index (Phi) is 3.85. The Labute approximate surface area is 139 Å². The summed E-state index contributed by atoms with van der Waals surface area (Å²) < 4.78 is 18.4. The molecule has 0 radical (unpaired) electrons. The molecule has 0 saturated carbocycles. The summed E-state index contributed by atoms with van der Waals surface area (Å²) in [5.41, 5.74) is 1.54. The third-order valence-corrected chi connectivity index (χ3v) is 4.85. The van der Waals surface area contributed by atoms with Crippen molar-refractivity contribution >= 4 is 5.91 Å². The Morgan fingerprint density at radius 2 is 2.25 bits per heavy atom. The molecule has 0 N–H and O–H groups in total. The second-order valence-electron chi connectivity index (χ2n) is 6.31. The summed E-state index contributed by atoms with van der Waals surface area (Å²) in [7, 11) is 1.64. The van der Waals surface area contributed by atoms with Crippen molar-refractivity contribution in [2.24, 2.45) is 0 Å². The maximum Gasteiger partial charge on any atom is 0.289 e. The van der Waals surface area contributed by atoms with Gasteiger partial charge in [0.2, 0.25) is 0 Å². The number of fused-ring (bicyclic) bond motifs is 1. The average Bonchev–Trinajstić information content (AvgIpc) is 3.25. The van der Waals surface area contributed by atoms with Gasteiger partial charge in [0, 0.05) is 20.2 Å².